The van der Waals surface area contributed by atoms with Gasteiger partial charge in [0, 0.05) is 16.0 Å². The largest absolute Gasteiger partial charge is 0.330 e. The van der Waals surface area contributed by atoms with E-state index in [1.54, 1.807) is 6.07 Å². The molecule has 0 radical (unpaired) electrons. The molecule has 0 amide bonds. The van der Waals surface area contributed by atoms with Gasteiger partial charge in [0.15, 0.2) is 0 Å². The lowest BCUT2D eigenvalue weighted by atomic mass is 9.84. The smallest absolute Gasteiger partial charge is 0.0453 e. The van der Waals surface area contributed by atoms with Gasteiger partial charge in [0.25, 0.3) is 0 Å². The van der Waals surface area contributed by atoms with Gasteiger partial charge in [0.2, 0.25) is 0 Å². The maximum Gasteiger partial charge on any atom is 0.0453 e. The SMILES string of the molecule is CC(C)(C)c1ccc(C(CN)Cc2ccc(Cl)cc2Cl)cc1. The molecule has 1 atom stereocenters. The van der Waals surface area contributed by atoms with Gasteiger partial charge >= 0.3 is 0 Å². The number of rotatable bonds is 4. The van der Waals surface area contributed by atoms with E-state index in [0.29, 0.717) is 16.6 Å². The fourth-order valence-electron chi connectivity index (χ4n) is 2.55. The molecule has 1 unspecified atom stereocenters. The van der Waals surface area contributed by atoms with Crippen molar-refractivity contribution in [1.29, 1.82) is 0 Å². The van der Waals surface area contributed by atoms with Crippen LogP contribution in [0.3, 0.4) is 0 Å². The number of nitrogens with two attached hydrogens (primary N) is 1. The number of hydrogen-bond donors (Lipinski definition) is 1. The molecule has 0 fully saturated rings. The second kappa shape index (κ2) is 7.04. The van der Waals surface area contributed by atoms with Crippen LogP contribution in [-0.4, -0.2) is 6.54 Å². The third-order valence-corrected chi connectivity index (χ3v) is 4.60. The van der Waals surface area contributed by atoms with Crippen LogP contribution in [0.2, 0.25) is 10.0 Å². The van der Waals surface area contributed by atoms with Crippen molar-refractivity contribution in [2.24, 2.45) is 5.73 Å². The van der Waals surface area contributed by atoms with Crippen LogP contribution in [0.1, 0.15) is 43.4 Å². The highest BCUT2D eigenvalue weighted by molar-refractivity contribution is 6.35. The van der Waals surface area contributed by atoms with E-state index in [2.05, 4.69) is 45.0 Å². The topological polar surface area (TPSA) is 26.0 Å². The van der Waals surface area contributed by atoms with Crippen molar-refractivity contribution >= 4 is 23.2 Å². The van der Waals surface area contributed by atoms with E-state index in [0.717, 1.165) is 12.0 Å². The Balaban J connectivity index is 2.21. The molecule has 0 bridgehead atoms. The lowest BCUT2D eigenvalue weighted by molar-refractivity contribution is 0.589. The molecule has 0 spiro atoms. The highest BCUT2D eigenvalue weighted by Gasteiger charge is 2.16. The van der Waals surface area contributed by atoms with E-state index in [9.17, 15) is 0 Å². The molecule has 2 aromatic carbocycles. The Morgan fingerprint density at radius 3 is 2.14 bits per heavy atom. The van der Waals surface area contributed by atoms with Gasteiger partial charge in [-0.1, -0.05) is 74.3 Å². The first-order valence-electron chi connectivity index (χ1n) is 7.55. The summed E-state index contributed by atoms with van der Waals surface area (Å²) in [4.78, 5) is 0. The number of halogens is 2. The Morgan fingerprint density at radius 1 is 1.00 bits per heavy atom. The highest BCUT2D eigenvalue weighted by Crippen LogP contribution is 2.29. The zero-order valence-electron chi connectivity index (χ0n) is 13.4. The standard InChI is InChI=1S/C19H23Cl2N/c1-19(2,3)16-7-4-13(5-8-16)15(12-22)10-14-6-9-17(20)11-18(14)21/h4-9,11,15H,10,12,22H2,1-3H3. The summed E-state index contributed by atoms with van der Waals surface area (Å²) in [6, 6.07) is 14.4. The average molecular weight is 336 g/mol. The van der Waals surface area contributed by atoms with Crippen molar-refractivity contribution in [3.8, 4) is 0 Å². The molecule has 3 heteroatoms. The molecule has 0 heterocycles. The highest BCUT2D eigenvalue weighted by atomic mass is 35.5. The Bertz CT molecular complexity index is 627. The van der Waals surface area contributed by atoms with Gasteiger partial charge in [-0.05, 0) is 47.2 Å². The molecule has 22 heavy (non-hydrogen) atoms. The van der Waals surface area contributed by atoms with E-state index in [1.807, 2.05) is 12.1 Å². The first-order valence-corrected chi connectivity index (χ1v) is 8.31. The lowest BCUT2D eigenvalue weighted by Gasteiger charge is -2.21. The molecular weight excluding hydrogens is 313 g/mol. The molecular formula is C19H23Cl2N. The summed E-state index contributed by atoms with van der Waals surface area (Å²) < 4.78 is 0. The van der Waals surface area contributed by atoms with E-state index in [-0.39, 0.29) is 11.3 Å². The lowest BCUT2D eigenvalue weighted by Crippen LogP contribution is -2.16. The van der Waals surface area contributed by atoms with Gasteiger partial charge in [-0.25, -0.2) is 0 Å². The van der Waals surface area contributed by atoms with E-state index < -0.39 is 0 Å². The summed E-state index contributed by atoms with van der Waals surface area (Å²) >= 11 is 12.2. The van der Waals surface area contributed by atoms with Crippen LogP contribution >= 0.6 is 23.2 Å². The molecule has 0 aliphatic carbocycles. The summed E-state index contributed by atoms with van der Waals surface area (Å²) in [5.74, 6) is 0.257. The maximum atomic E-state index is 6.28. The van der Waals surface area contributed by atoms with Crippen molar-refractivity contribution in [1.82, 2.24) is 0 Å². The molecule has 2 aromatic rings. The first-order chi connectivity index (χ1) is 10.3. The third kappa shape index (κ3) is 4.25. The Kier molecular flexibility index (Phi) is 5.55. The third-order valence-electron chi connectivity index (χ3n) is 4.01. The minimum atomic E-state index is 0.163. The first kappa shape index (κ1) is 17.3. The summed E-state index contributed by atoms with van der Waals surface area (Å²) in [6.45, 7) is 7.25. The molecule has 118 valence electrons. The summed E-state index contributed by atoms with van der Waals surface area (Å²) in [5, 5.41) is 1.37. The zero-order chi connectivity index (χ0) is 16.3. The molecule has 0 aliphatic rings. The number of hydrogen-bond acceptors (Lipinski definition) is 1. The van der Waals surface area contributed by atoms with Gasteiger partial charge in [-0.2, -0.15) is 0 Å². The average Bonchev–Trinajstić information content (AvgIpc) is 2.46. The van der Waals surface area contributed by atoms with Crippen molar-refractivity contribution in [2.45, 2.75) is 38.5 Å². The monoisotopic (exact) mass is 335 g/mol. The van der Waals surface area contributed by atoms with Crippen LogP contribution in [0, 0.1) is 0 Å². The van der Waals surface area contributed by atoms with Gasteiger partial charge in [0.05, 0.1) is 0 Å². The molecule has 2 N–H and O–H groups in total. The second-order valence-corrected chi connectivity index (χ2v) is 7.59. The summed E-state index contributed by atoms with van der Waals surface area (Å²) in [6.07, 6.45) is 0.821. The molecule has 0 saturated carbocycles. The minimum Gasteiger partial charge on any atom is -0.330 e. The quantitative estimate of drug-likeness (QED) is 0.775. The zero-order valence-corrected chi connectivity index (χ0v) is 14.9. The van der Waals surface area contributed by atoms with Crippen molar-refractivity contribution in [2.75, 3.05) is 6.54 Å². The predicted octanol–water partition coefficient (Wildman–Crippen LogP) is 5.58. The van der Waals surface area contributed by atoms with Gasteiger partial charge < -0.3 is 5.73 Å². The van der Waals surface area contributed by atoms with Crippen LogP contribution in [0.15, 0.2) is 42.5 Å². The van der Waals surface area contributed by atoms with Crippen molar-refractivity contribution in [3.05, 3.63) is 69.2 Å². The summed E-state index contributed by atoms with van der Waals surface area (Å²) in [5.41, 5.74) is 9.82. The van der Waals surface area contributed by atoms with E-state index >= 15 is 0 Å². The van der Waals surface area contributed by atoms with Crippen molar-refractivity contribution < 1.29 is 0 Å². The minimum absolute atomic E-state index is 0.163. The van der Waals surface area contributed by atoms with Gasteiger partial charge in [-0.15, -0.1) is 0 Å². The summed E-state index contributed by atoms with van der Waals surface area (Å²) in [7, 11) is 0. The molecule has 0 saturated heterocycles. The molecule has 2 rings (SSSR count). The Morgan fingerprint density at radius 2 is 1.64 bits per heavy atom. The Labute approximate surface area is 143 Å². The fraction of sp³-hybridized carbons (Fsp3) is 0.368. The fourth-order valence-corrected chi connectivity index (χ4v) is 3.03. The van der Waals surface area contributed by atoms with Crippen LogP contribution in [0.5, 0.6) is 0 Å². The van der Waals surface area contributed by atoms with E-state index in [4.69, 9.17) is 28.9 Å². The van der Waals surface area contributed by atoms with E-state index in [1.165, 1.54) is 11.1 Å². The van der Waals surface area contributed by atoms with Crippen LogP contribution in [-0.2, 0) is 11.8 Å². The Hall–Kier alpha value is -1.02. The number of benzene rings is 2. The molecule has 0 aromatic heterocycles. The molecule has 0 aliphatic heterocycles. The van der Waals surface area contributed by atoms with Gasteiger partial charge in [0.1, 0.15) is 0 Å². The second-order valence-electron chi connectivity index (χ2n) is 6.74. The van der Waals surface area contributed by atoms with Crippen LogP contribution in [0.25, 0.3) is 0 Å². The van der Waals surface area contributed by atoms with Crippen LogP contribution < -0.4 is 5.73 Å². The van der Waals surface area contributed by atoms with Gasteiger partial charge in [-0.3, -0.25) is 0 Å². The van der Waals surface area contributed by atoms with Crippen LogP contribution in [0.4, 0.5) is 0 Å². The maximum absolute atomic E-state index is 6.28. The normalized spacial score (nSPS) is 13.2. The molecule has 1 nitrogen and oxygen atoms in total. The van der Waals surface area contributed by atoms with Crippen molar-refractivity contribution in [3.63, 3.8) is 0 Å². The predicted molar refractivity (Wildman–Crippen MR) is 97.1 cm³/mol.